The molecule has 1 aromatic carbocycles. The lowest BCUT2D eigenvalue weighted by atomic mass is 10.2. The Balaban J connectivity index is 2.18. The zero-order chi connectivity index (χ0) is 12.3. The van der Waals surface area contributed by atoms with Gasteiger partial charge in [0, 0.05) is 6.54 Å². The first-order valence-electron chi connectivity index (χ1n) is 5.44. The van der Waals surface area contributed by atoms with Gasteiger partial charge >= 0.3 is 5.97 Å². The summed E-state index contributed by atoms with van der Waals surface area (Å²) in [6.07, 6.45) is -0.770. The number of hydrogen-bond donors (Lipinski definition) is 1. The third-order valence-electron chi connectivity index (χ3n) is 2.77. The molecule has 0 bridgehead atoms. The zero-order valence-electron chi connectivity index (χ0n) is 9.63. The molecule has 0 spiro atoms. The van der Waals surface area contributed by atoms with Gasteiger partial charge in [-0.1, -0.05) is 12.1 Å². The second kappa shape index (κ2) is 5.05. The van der Waals surface area contributed by atoms with Crippen LogP contribution in [0.3, 0.4) is 0 Å². The Kier molecular flexibility index (Phi) is 3.49. The van der Waals surface area contributed by atoms with Gasteiger partial charge < -0.3 is 19.5 Å². The molecular formula is C12H15NO4. The number of anilines is 1. The highest BCUT2D eigenvalue weighted by Crippen LogP contribution is 2.28. The minimum absolute atomic E-state index is 0.343. The van der Waals surface area contributed by atoms with E-state index in [9.17, 15) is 4.79 Å². The molecule has 1 N–H and O–H groups in total. The van der Waals surface area contributed by atoms with Gasteiger partial charge in [-0.3, -0.25) is 0 Å². The number of carboxylic acid groups (broad SMARTS) is 1. The quantitative estimate of drug-likeness (QED) is 0.849. The van der Waals surface area contributed by atoms with Gasteiger partial charge in [-0.2, -0.15) is 0 Å². The summed E-state index contributed by atoms with van der Waals surface area (Å²) in [5.41, 5.74) is 0.907. The molecule has 2 rings (SSSR count). The summed E-state index contributed by atoms with van der Waals surface area (Å²) < 4.78 is 10.4. The lowest BCUT2D eigenvalue weighted by molar-refractivity contribution is -0.150. The lowest BCUT2D eigenvalue weighted by Crippen LogP contribution is -2.46. The first-order valence-corrected chi connectivity index (χ1v) is 5.44. The van der Waals surface area contributed by atoms with E-state index in [0.29, 0.717) is 19.7 Å². The van der Waals surface area contributed by atoms with Crippen molar-refractivity contribution in [1.82, 2.24) is 0 Å². The van der Waals surface area contributed by atoms with Crippen LogP contribution in [0.4, 0.5) is 5.69 Å². The van der Waals surface area contributed by atoms with Crippen molar-refractivity contribution in [3.63, 3.8) is 0 Å². The maximum absolute atomic E-state index is 10.9. The van der Waals surface area contributed by atoms with Crippen molar-refractivity contribution in [3.05, 3.63) is 24.3 Å². The number of hydrogen-bond acceptors (Lipinski definition) is 4. The summed E-state index contributed by atoms with van der Waals surface area (Å²) in [4.78, 5) is 12.9. The molecule has 0 aromatic heterocycles. The standard InChI is InChI=1S/C12H15NO4/c1-16-10-5-3-2-4-9(10)13-6-7-17-11(8-13)12(14)15/h2-5,11H,6-8H2,1H3,(H,14,15). The average Bonchev–Trinajstić information content (AvgIpc) is 2.39. The van der Waals surface area contributed by atoms with E-state index in [1.807, 2.05) is 29.2 Å². The molecule has 5 nitrogen and oxygen atoms in total. The van der Waals surface area contributed by atoms with Gasteiger partial charge in [-0.25, -0.2) is 4.79 Å². The molecule has 1 saturated heterocycles. The van der Waals surface area contributed by atoms with Gasteiger partial charge in [0.05, 0.1) is 25.9 Å². The fraction of sp³-hybridized carbons (Fsp3) is 0.417. The predicted molar refractivity (Wildman–Crippen MR) is 62.6 cm³/mol. The second-order valence-corrected chi connectivity index (χ2v) is 3.82. The molecule has 92 valence electrons. The van der Waals surface area contributed by atoms with Gasteiger partial charge in [0.1, 0.15) is 5.75 Å². The van der Waals surface area contributed by atoms with Crippen molar-refractivity contribution in [2.45, 2.75) is 6.10 Å². The number of benzene rings is 1. The second-order valence-electron chi connectivity index (χ2n) is 3.82. The van der Waals surface area contributed by atoms with Crippen molar-refractivity contribution in [3.8, 4) is 5.75 Å². The van der Waals surface area contributed by atoms with Crippen LogP contribution in [-0.2, 0) is 9.53 Å². The van der Waals surface area contributed by atoms with Crippen LogP contribution in [-0.4, -0.2) is 44.0 Å². The Labute approximate surface area is 99.6 Å². The van der Waals surface area contributed by atoms with Crippen molar-refractivity contribution in [2.24, 2.45) is 0 Å². The van der Waals surface area contributed by atoms with Crippen LogP contribution >= 0.6 is 0 Å². The molecule has 1 heterocycles. The molecule has 0 amide bonds. The number of ether oxygens (including phenoxy) is 2. The minimum atomic E-state index is -0.926. The van der Waals surface area contributed by atoms with Gasteiger partial charge in [0.15, 0.2) is 6.10 Å². The molecule has 1 atom stereocenters. The number of carboxylic acids is 1. The van der Waals surface area contributed by atoms with Crippen molar-refractivity contribution < 1.29 is 19.4 Å². The summed E-state index contributed by atoms with van der Waals surface area (Å²) in [5.74, 6) is -0.178. The van der Waals surface area contributed by atoms with E-state index < -0.39 is 12.1 Å². The number of morpholine rings is 1. The Bertz CT molecular complexity index is 407. The molecule has 1 aliphatic heterocycles. The van der Waals surface area contributed by atoms with Gasteiger partial charge in [0.25, 0.3) is 0 Å². The molecule has 17 heavy (non-hydrogen) atoms. The van der Waals surface area contributed by atoms with Crippen molar-refractivity contribution in [1.29, 1.82) is 0 Å². The summed E-state index contributed by atoms with van der Waals surface area (Å²) in [6, 6.07) is 7.57. The molecule has 1 fully saturated rings. The first-order chi connectivity index (χ1) is 8.22. The average molecular weight is 237 g/mol. The fourth-order valence-electron chi connectivity index (χ4n) is 1.91. The van der Waals surface area contributed by atoms with E-state index in [1.54, 1.807) is 7.11 Å². The largest absolute Gasteiger partial charge is 0.495 e. The third kappa shape index (κ3) is 2.50. The summed E-state index contributed by atoms with van der Waals surface area (Å²) in [5, 5.41) is 8.95. The molecule has 0 saturated carbocycles. The SMILES string of the molecule is COc1ccccc1N1CCOC(C(=O)O)C1. The number of methoxy groups -OCH3 is 1. The minimum Gasteiger partial charge on any atom is -0.495 e. The molecule has 1 aromatic rings. The maximum atomic E-state index is 10.9. The van der Waals surface area contributed by atoms with Gasteiger partial charge in [0.2, 0.25) is 0 Å². The van der Waals surface area contributed by atoms with Crippen LogP contribution in [0.15, 0.2) is 24.3 Å². The molecular weight excluding hydrogens is 222 g/mol. The fourth-order valence-corrected chi connectivity index (χ4v) is 1.91. The first kappa shape index (κ1) is 11.7. The van der Waals surface area contributed by atoms with Crippen molar-refractivity contribution in [2.75, 3.05) is 31.7 Å². The number of nitrogens with zero attached hydrogens (tertiary/aromatic N) is 1. The molecule has 5 heteroatoms. The van der Waals surface area contributed by atoms with E-state index in [-0.39, 0.29) is 0 Å². The van der Waals surface area contributed by atoms with Crippen LogP contribution < -0.4 is 9.64 Å². The van der Waals surface area contributed by atoms with E-state index >= 15 is 0 Å². The van der Waals surface area contributed by atoms with Crippen molar-refractivity contribution >= 4 is 11.7 Å². The maximum Gasteiger partial charge on any atom is 0.334 e. The lowest BCUT2D eigenvalue weighted by Gasteiger charge is -2.33. The Morgan fingerprint density at radius 2 is 2.29 bits per heavy atom. The predicted octanol–water partition coefficient (Wildman–Crippen LogP) is 0.985. The normalized spacial score (nSPS) is 20.1. The van der Waals surface area contributed by atoms with Gasteiger partial charge in [-0.05, 0) is 12.1 Å². The van der Waals surface area contributed by atoms with Crippen LogP contribution in [0, 0.1) is 0 Å². The summed E-state index contributed by atoms with van der Waals surface area (Å²) in [7, 11) is 1.61. The Morgan fingerprint density at radius 1 is 1.53 bits per heavy atom. The zero-order valence-corrected chi connectivity index (χ0v) is 9.63. The van der Waals surface area contributed by atoms with E-state index in [2.05, 4.69) is 0 Å². The van der Waals surface area contributed by atoms with Crippen LogP contribution in [0.5, 0.6) is 5.75 Å². The smallest absolute Gasteiger partial charge is 0.334 e. The van der Waals surface area contributed by atoms with E-state index in [4.69, 9.17) is 14.6 Å². The molecule has 1 aliphatic rings. The number of aliphatic carboxylic acids is 1. The summed E-state index contributed by atoms with van der Waals surface area (Å²) in [6.45, 7) is 1.43. The topological polar surface area (TPSA) is 59.0 Å². The van der Waals surface area contributed by atoms with Crippen LogP contribution in [0.1, 0.15) is 0 Å². The molecule has 0 radical (unpaired) electrons. The monoisotopic (exact) mass is 237 g/mol. The molecule has 0 aliphatic carbocycles. The van der Waals surface area contributed by atoms with E-state index in [1.165, 1.54) is 0 Å². The third-order valence-corrected chi connectivity index (χ3v) is 2.77. The van der Waals surface area contributed by atoms with Gasteiger partial charge in [-0.15, -0.1) is 0 Å². The van der Waals surface area contributed by atoms with Crippen LogP contribution in [0.2, 0.25) is 0 Å². The highest BCUT2D eigenvalue weighted by Gasteiger charge is 2.27. The Hall–Kier alpha value is -1.75. The Morgan fingerprint density at radius 3 is 3.00 bits per heavy atom. The highest BCUT2D eigenvalue weighted by molar-refractivity contribution is 5.74. The highest BCUT2D eigenvalue weighted by atomic mass is 16.5. The number of para-hydroxylation sites is 2. The van der Waals surface area contributed by atoms with Crippen LogP contribution in [0.25, 0.3) is 0 Å². The number of carbonyl (C=O) groups is 1. The van der Waals surface area contributed by atoms with E-state index in [0.717, 1.165) is 11.4 Å². The number of rotatable bonds is 3. The summed E-state index contributed by atoms with van der Waals surface area (Å²) >= 11 is 0. The molecule has 1 unspecified atom stereocenters.